The first-order chi connectivity index (χ1) is 9.01. The first-order valence-electron chi connectivity index (χ1n) is 6.00. The SMILES string of the molecule is CS(=O)(=O)OC1CCN(c2nc3ccccc3o2)C1. The van der Waals surface area contributed by atoms with E-state index in [9.17, 15) is 8.42 Å². The Balaban J connectivity index is 1.77. The minimum absolute atomic E-state index is 0.329. The molecule has 1 aromatic heterocycles. The smallest absolute Gasteiger partial charge is 0.298 e. The second-order valence-corrected chi connectivity index (χ2v) is 6.22. The van der Waals surface area contributed by atoms with Gasteiger partial charge in [-0.15, -0.1) is 0 Å². The third-order valence-corrected chi connectivity index (χ3v) is 3.63. The lowest BCUT2D eigenvalue weighted by molar-refractivity contribution is 0.234. The number of benzene rings is 1. The van der Waals surface area contributed by atoms with Crippen molar-refractivity contribution in [3.8, 4) is 0 Å². The first-order valence-corrected chi connectivity index (χ1v) is 7.82. The summed E-state index contributed by atoms with van der Waals surface area (Å²) >= 11 is 0. The molecule has 1 aliphatic heterocycles. The molecule has 3 rings (SSSR count). The van der Waals surface area contributed by atoms with Gasteiger partial charge in [0, 0.05) is 6.54 Å². The summed E-state index contributed by atoms with van der Waals surface area (Å²) in [4.78, 5) is 6.28. The van der Waals surface area contributed by atoms with Crippen LogP contribution in [0, 0.1) is 0 Å². The van der Waals surface area contributed by atoms with Gasteiger partial charge in [0.15, 0.2) is 5.58 Å². The van der Waals surface area contributed by atoms with Crippen molar-refractivity contribution in [1.82, 2.24) is 4.98 Å². The van der Waals surface area contributed by atoms with Crippen LogP contribution >= 0.6 is 0 Å². The Morgan fingerprint density at radius 1 is 1.42 bits per heavy atom. The highest BCUT2D eigenvalue weighted by atomic mass is 32.2. The molecule has 0 bridgehead atoms. The molecule has 0 radical (unpaired) electrons. The Bertz CT molecular complexity index is 662. The zero-order valence-corrected chi connectivity index (χ0v) is 11.3. The van der Waals surface area contributed by atoms with Crippen LogP contribution in [-0.4, -0.2) is 38.9 Å². The largest absolute Gasteiger partial charge is 0.423 e. The topological polar surface area (TPSA) is 72.6 Å². The van der Waals surface area contributed by atoms with E-state index in [1.165, 1.54) is 0 Å². The number of nitrogens with zero attached hydrogens (tertiary/aromatic N) is 2. The van der Waals surface area contributed by atoms with E-state index in [-0.39, 0.29) is 6.10 Å². The maximum absolute atomic E-state index is 11.1. The van der Waals surface area contributed by atoms with E-state index in [4.69, 9.17) is 8.60 Å². The molecule has 0 N–H and O–H groups in total. The monoisotopic (exact) mass is 282 g/mol. The van der Waals surface area contributed by atoms with Gasteiger partial charge in [-0.25, -0.2) is 0 Å². The lowest BCUT2D eigenvalue weighted by Crippen LogP contribution is -2.24. The zero-order valence-electron chi connectivity index (χ0n) is 10.4. The summed E-state index contributed by atoms with van der Waals surface area (Å²) in [5.41, 5.74) is 1.52. The minimum atomic E-state index is -3.42. The quantitative estimate of drug-likeness (QED) is 0.792. The van der Waals surface area contributed by atoms with E-state index in [1.54, 1.807) is 0 Å². The van der Waals surface area contributed by atoms with Crippen LogP contribution in [0.25, 0.3) is 11.1 Å². The van der Waals surface area contributed by atoms with E-state index in [1.807, 2.05) is 29.2 Å². The molecule has 0 aliphatic carbocycles. The summed E-state index contributed by atoms with van der Waals surface area (Å²) in [5.74, 6) is 0. The highest BCUT2D eigenvalue weighted by Crippen LogP contribution is 2.25. The van der Waals surface area contributed by atoms with Gasteiger partial charge >= 0.3 is 0 Å². The number of hydrogen-bond donors (Lipinski definition) is 0. The maximum Gasteiger partial charge on any atom is 0.298 e. The Morgan fingerprint density at radius 2 is 2.21 bits per heavy atom. The standard InChI is InChI=1S/C12H14N2O4S/c1-19(15,16)18-9-6-7-14(8-9)12-13-10-4-2-3-5-11(10)17-12/h2-5,9H,6-8H2,1H3. The molecule has 1 atom stereocenters. The van der Waals surface area contributed by atoms with Crippen LogP contribution in [0.3, 0.4) is 0 Å². The lowest BCUT2D eigenvalue weighted by atomic mass is 10.3. The Hall–Kier alpha value is -1.60. The Morgan fingerprint density at radius 3 is 2.95 bits per heavy atom. The molecule has 2 aromatic rings. The number of oxazole rings is 1. The van der Waals surface area contributed by atoms with Crippen LogP contribution in [0.2, 0.25) is 0 Å². The fourth-order valence-corrected chi connectivity index (χ4v) is 2.87. The van der Waals surface area contributed by atoms with Crippen LogP contribution in [0.1, 0.15) is 6.42 Å². The minimum Gasteiger partial charge on any atom is -0.423 e. The number of hydrogen-bond acceptors (Lipinski definition) is 6. The fraction of sp³-hybridized carbons (Fsp3) is 0.417. The van der Waals surface area contributed by atoms with Crippen LogP contribution < -0.4 is 4.90 Å². The third kappa shape index (κ3) is 2.71. The van der Waals surface area contributed by atoms with E-state index in [0.717, 1.165) is 17.4 Å². The molecule has 19 heavy (non-hydrogen) atoms. The molecule has 7 heteroatoms. The van der Waals surface area contributed by atoms with Gasteiger partial charge in [0.1, 0.15) is 5.52 Å². The van der Waals surface area contributed by atoms with Crippen LogP contribution in [0.4, 0.5) is 6.01 Å². The van der Waals surface area contributed by atoms with Crippen molar-refractivity contribution >= 4 is 27.2 Å². The average molecular weight is 282 g/mol. The van der Waals surface area contributed by atoms with E-state index in [0.29, 0.717) is 25.5 Å². The molecule has 0 amide bonds. The molecule has 1 fully saturated rings. The molecule has 102 valence electrons. The van der Waals surface area contributed by atoms with Gasteiger partial charge in [0.05, 0.1) is 18.9 Å². The summed E-state index contributed by atoms with van der Waals surface area (Å²) in [6.45, 7) is 1.15. The highest BCUT2D eigenvalue weighted by Gasteiger charge is 2.28. The van der Waals surface area contributed by atoms with Crippen molar-refractivity contribution in [1.29, 1.82) is 0 Å². The number of para-hydroxylation sites is 2. The number of fused-ring (bicyclic) bond motifs is 1. The Kier molecular flexibility index (Phi) is 2.94. The van der Waals surface area contributed by atoms with Crippen molar-refractivity contribution in [3.05, 3.63) is 24.3 Å². The van der Waals surface area contributed by atoms with Crippen LogP contribution in [0.15, 0.2) is 28.7 Å². The second-order valence-electron chi connectivity index (χ2n) is 4.62. The van der Waals surface area contributed by atoms with Gasteiger partial charge in [-0.2, -0.15) is 13.4 Å². The molecular weight excluding hydrogens is 268 g/mol. The summed E-state index contributed by atoms with van der Waals surface area (Å²) in [5, 5.41) is 0. The highest BCUT2D eigenvalue weighted by molar-refractivity contribution is 7.86. The molecular formula is C12H14N2O4S. The number of aromatic nitrogens is 1. The van der Waals surface area contributed by atoms with E-state index >= 15 is 0 Å². The van der Waals surface area contributed by atoms with Gasteiger partial charge < -0.3 is 9.32 Å². The van der Waals surface area contributed by atoms with Gasteiger partial charge in [-0.05, 0) is 18.6 Å². The van der Waals surface area contributed by atoms with Crippen molar-refractivity contribution in [3.63, 3.8) is 0 Å². The maximum atomic E-state index is 11.1. The number of anilines is 1. The van der Waals surface area contributed by atoms with Crippen molar-refractivity contribution in [2.75, 3.05) is 24.2 Å². The van der Waals surface area contributed by atoms with E-state index in [2.05, 4.69) is 4.98 Å². The second kappa shape index (κ2) is 4.50. The normalized spacial score (nSPS) is 20.3. The van der Waals surface area contributed by atoms with Crippen LogP contribution in [0.5, 0.6) is 0 Å². The van der Waals surface area contributed by atoms with Crippen LogP contribution in [-0.2, 0) is 14.3 Å². The van der Waals surface area contributed by atoms with Crippen molar-refractivity contribution in [2.45, 2.75) is 12.5 Å². The molecule has 0 saturated carbocycles. The van der Waals surface area contributed by atoms with Crippen molar-refractivity contribution in [2.24, 2.45) is 0 Å². The fourth-order valence-electron chi connectivity index (χ4n) is 2.22. The zero-order chi connectivity index (χ0) is 13.5. The Labute approximate surface area is 111 Å². The van der Waals surface area contributed by atoms with Gasteiger partial charge in [0.25, 0.3) is 16.1 Å². The molecule has 0 spiro atoms. The molecule has 6 nitrogen and oxygen atoms in total. The summed E-state index contributed by atoms with van der Waals surface area (Å²) in [6, 6.07) is 8.03. The van der Waals surface area contributed by atoms with E-state index < -0.39 is 10.1 Å². The van der Waals surface area contributed by atoms with Gasteiger partial charge in [-0.1, -0.05) is 12.1 Å². The molecule has 2 heterocycles. The van der Waals surface area contributed by atoms with Gasteiger partial charge in [-0.3, -0.25) is 4.18 Å². The summed E-state index contributed by atoms with van der Waals surface area (Å²) in [7, 11) is -3.42. The predicted octanol–water partition coefficient (Wildman–Crippen LogP) is 1.38. The summed E-state index contributed by atoms with van der Waals surface area (Å²) in [6.07, 6.45) is 1.38. The summed E-state index contributed by atoms with van der Waals surface area (Å²) < 4.78 is 32.8. The lowest BCUT2D eigenvalue weighted by Gasteiger charge is -2.12. The molecule has 1 aliphatic rings. The van der Waals surface area contributed by atoms with Crippen molar-refractivity contribution < 1.29 is 17.0 Å². The number of rotatable bonds is 3. The molecule has 1 aromatic carbocycles. The molecule has 1 unspecified atom stereocenters. The van der Waals surface area contributed by atoms with Gasteiger partial charge in [0.2, 0.25) is 0 Å². The third-order valence-electron chi connectivity index (χ3n) is 3.01. The first kappa shape index (κ1) is 12.4. The predicted molar refractivity (Wildman–Crippen MR) is 70.6 cm³/mol. The molecule has 1 saturated heterocycles. The average Bonchev–Trinajstić information content (AvgIpc) is 2.91.